The molecule has 0 amide bonds. The highest BCUT2D eigenvalue weighted by Gasteiger charge is 1.94. The van der Waals surface area contributed by atoms with Gasteiger partial charge in [-0.15, -0.1) is 0 Å². The Morgan fingerprint density at radius 2 is 1.43 bits per heavy atom. The van der Waals surface area contributed by atoms with E-state index in [1.165, 1.54) is 11.1 Å². The van der Waals surface area contributed by atoms with E-state index < -0.39 is 0 Å². The molecule has 0 saturated carbocycles. The first-order valence-corrected chi connectivity index (χ1v) is 5.80. The Kier molecular flexibility index (Phi) is 13.6. The highest BCUT2D eigenvalue weighted by molar-refractivity contribution is 5.22. The Balaban J connectivity index is 0. The molecule has 1 aromatic heterocycles. The van der Waals surface area contributed by atoms with Gasteiger partial charge in [-0.1, -0.05) is 41.5 Å². The fourth-order valence-corrected chi connectivity index (χ4v) is 1.12. The average molecular weight is 195 g/mol. The number of rotatable bonds is 2. The van der Waals surface area contributed by atoms with E-state index in [1.807, 2.05) is 40.1 Å². The Labute approximate surface area is 89.6 Å². The summed E-state index contributed by atoms with van der Waals surface area (Å²) in [6.07, 6.45) is 6.03. The number of aryl methyl sites for hydroxylation is 2. The SMILES string of the molecule is CC.CC.CCc1ccncc1CC. The van der Waals surface area contributed by atoms with Gasteiger partial charge >= 0.3 is 0 Å². The van der Waals surface area contributed by atoms with Crippen molar-refractivity contribution in [2.75, 3.05) is 0 Å². The Morgan fingerprint density at radius 3 is 1.79 bits per heavy atom. The molecule has 1 nitrogen and oxygen atoms in total. The van der Waals surface area contributed by atoms with Gasteiger partial charge in [0, 0.05) is 12.4 Å². The fourth-order valence-electron chi connectivity index (χ4n) is 1.12. The highest BCUT2D eigenvalue weighted by Crippen LogP contribution is 2.07. The predicted octanol–water partition coefficient (Wildman–Crippen LogP) is 4.26. The maximum absolute atomic E-state index is 4.06. The summed E-state index contributed by atoms with van der Waals surface area (Å²) in [6, 6.07) is 2.10. The molecule has 0 aliphatic rings. The largest absolute Gasteiger partial charge is 0.264 e. The van der Waals surface area contributed by atoms with Gasteiger partial charge in [-0.05, 0) is 30.0 Å². The van der Waals surface area contributed by atoms with Crippen LogP contribution < -0.4 is 0 Å². The van der Waals surface area contributed by atoms with Crippen molar-refractivity contribution in [3.05, 3.63) is 29.6 Å². The van der Waals surface area contributed by atoms with E-state index in [0.29, 0.717) is 0 Å². The fraction of sp³-hybridized carbons (Fsp3) is 0.615. The van der Waals surface area contributed by atoms with Gasteiger partial charge in [0.05, 0.1) is 0 Å². The van der Waals surface area contributed by atoms with Crippen LogP contribution in [0.2, 0.25) is 0 Å². The minimum absolute atomic E-state index is 1.09. The van der Waals surface area contributed by atoms with E-state index in [0.717, 1.165) is 12.8 Å². The summed E-state index contributed by atoms with van der Waals surface area (Å²) >= 11 is 0. The molecule has 14 heavy (non-hydrogen) atoms. The molecule has 0 atom stereocenters. The van der Waals surface area contributed by atoms with Gasteiger partial charge in [-0.3, -0.25) is 4.98 Å². The lowest BCUT2D eigenvalue weighted by atomic mass is 10.1. The summed E-state index contributed by atoms with van der Waals surface area (Å²) < 4.78 is 0. The van der Waals surface area contributed by atoms with E-state index >= 15 is 0 Å². The Hall–Kier alpha value is -0.850. The molecule has 0 unspecified atom stereocenters. The molecule has 0 bridgehead atoms. The summed E-state index contributed by atoms with van der Waals surface area (Å²) in [5.74, 6) is 0. The van der Waals surface area contributed by atoms with E-state index in [1.54, 1.807) is 0 Å². The third-order valence-electron chi connectivity index (χ3n) is 1.77. The first-order chi connectivity index (χ1) is 6.88. The predicted molar refractivity (Wildman–Crippen MR) is 65.7 cm³/mol. The molecule has 0 fully saturated rings. The highest BCUT2D eigenvalue weighted by atomic mass is 14.6. The van der Waals surface area contributed by atoms with Crippen molar-refractivity contribution in [2.24, 2.45) is 0 Å². The molecule has 1 heterocycles. The summed E-state index contributed by atoms with van der Waals surface area (Å²) in [5, 5.41) is 0. The van der Waals surface area contributed by atoms with Crippen molar-refractivity contribution >= 4 is 0 Å². The second-order valence-corrected chi connectivity index (χ2v) is 2.35. The number of hydrogen-bond donors (Lipinski definition) is 0. The molecule has 0 aromatic carbocycles. The normalized spacial score (nSPS) is 7.86. The van der Waals surface area contributed by atoms with Crippen LogP contribution in [0.1, 0.15) is 52.7 Å². The van der Waals surface area contributed by atoms with Gasteiger partial charge < -0.3 is 0 Å². The number of aromatic nitrogens is 1. The molecule has 0 saturated heterocycles. The van der Waals surface area contributed by atoms with E-state index in [-0.39, 0.29) is 0 Å². The quantitative estimate of drug-likeness (QED) is 0.687. The molecule has 82 valence electrons. The second-order valence-electron chi connectivity index (χ2n) is 2.35. The third-order valence-corrected chi connectivity index (χ3v) is 1.77. The van der Waals surface area contributed by atoms with Gasteiger partial charge in [0.2, 0.25) is 0 Å². The van der Waals surface area contributed by atoms with E-state index in [2.05, 4.69) is 24.9 Å². The van der Waals surface area contributed by atoms with Crippen molar-refractivity contribution in [1.82, 2.24) is 4.98 Å². The molecule has 1 rings (SSSR count). The smallest absolute Gasteiger partial charge is 0.0302 e. The summed E-state index contributed by atoms with van der Waals surface area (Å²) in [4.78, 5) is 4.06. The van der Waals surface area contributed by atoms with Crippen LogP contribution in [-0.2, 0) is 12.8 Å². The maximum Gasteiger partial charge on any atom is 0.0302 e. The Morgan fingerprint density at radius 1 is 0.929 bits per heavy atom. The van der Waals surface area contributed by atoms with E-state index in [4.69, 9.17) is 0 Å². The van der Waals surface area contributed by atoms with Gasteiger partial charge in [-0.2, -0.15) is 0 Å². The van der Waals surface area contributed by atoms with E-state index in [9.17, 15) is 0 Å². The van der Waals surface area contributed by atoms with Crippen LogP contribution in [0.4, 0.5) is 0 Å². The summed E-state index contributed by atoms with van der Waals surface area (Å²) in [6.45, 7) is 12.3. The lowest BCUT2D eigenvalue weighted by molar-refractivity contribution is 1.01. The molecule has 1 aromatic rings. The first kappa shape index (κ1) is 15.6. The summed E-state index contributed by atoms with van der Waals surface area (Å²) in [5.41, 5.74) is 2.81. The zero-order valence-corrected chi connectivity index (χ0v) is 10.6. The van der Waals surface area contributed by atoms with Crippen molar-refractivity contribution in [3.8, 4) is 0 Å². The summed E-state index contributed by atoms with van der Waals surface area (Å²) in [7, 11) is 0. The molecule has 0 spiro atoms. The minimum Gasteiger partial charge on any atom is -0.264 e. The molecule has 0 aliphatic carbocycles. The first-order valence-electron chi connectivity index (χ1n) is 5.80. The maximum atomic E-state index is 4.06. The van der Waals surface area contributed by atoms with Crippen LogP contribution in [0, 0.1) is 0 Å². The molecule has 0 N–H and O–H groups in total. The van der Waals surface area contributed by atoms with Gasteiger partial charge in [-0.25, -0.2) is 0 Å². The topological polar surface area (TPSA) is 12.9 Å². The third kappa shape index (κ3) is 5.74. The van der Waals surface area contributed by atoms with Crippen LogP contribution in [0.25, 0.3) is 0 Å². The van der Waals surface area contributed by atoms with Gasteiger partial charge in [0.25, 0.3) is 0 Å². The van der Waals surface area contributed by atoms with Crippen molar-refractivity contribution in [1.29, 1.82) is 0 Å². The minimum atomic E-state index is 1.09. The Bertz CT molecular complexity index is 183. The van der Waals surface area contributed by atoms with Crippen molar-refractivity contribution in [2.45, 2.75) is 54.4 Å². The van der Waals surface area contributed by atoms with Crippen LogP contribution in [0.5, 0.6) is 0 Å². The van der Waals surface area contributed by atoms with Crippen molar-refractivity contribution < 1.29 is 0 Å². The lowest BCUT2D eigenvalue weighted by Gasteiger charge is -2.01. The number of nitrogens with zero attached hydrogens (tertiary/aromatic N) is 1. The molecule has 0 aliphatic heterocycles. The van der Waals surface area contributed by atoms with Crippen LogP contribution in [0.15, 0.2) is 18.5 Å². The number of pyridine rings is 1. The molecule has 0 radical (unpaired) electrons. The standard InChI is InChI=1S/C9H13N.2C2H6/c1-3-8-5-6-10-7-9(8)4-2;2*1-2/h5-7H,3-4H2,1-2H3;2*1-2H3. The zero-order chi connectivity index (χ0) is 11.4. The second kappa shape index (κ2) is 12.2. The van der Waals surface area contributed by atoms with Crippen LogP contribution in [0.3, 0.4) is 0 Å². The van der Waals surface area contributed by atoms with Gasteiger partial charge in [0.15, 0.2) is 0 Å². The number of hydrogen-bond acceptors (Lipinski definition) is 1. The van der Waals surface area contributed by atoms with Crippen LogP contribution >= 0.6 is 0 Å². The average Bonchev–Trinajstić information content (AvgIpc) is 2.34. The monoisotopic (exact) mass is 195 g/mol. The van der Waals surface area contributed by atoms with Crippen LogP contribution in [-0.4, -0.2) is 4.98 Å². The van der Waals surface area contributed by atoms with Crippen molar-refractivity contribution in [3.63, 3.8) is 0 Å². The molecule has 1 heteroatoms. The van der Waals surface area contributed by atoms with Gasteiger partial charge in [0.1, 0.15) is 0 Å². The lowest BCUT2D eigenvalue weighted by Crippen LogP contribution is -1.90. The molecular formula is C13H25N. The zero-order valence-electron chi connectivity index (χ0n) is 10.6. The molecular weight excluding hydrogens is 170 g/mol.